The van der Waals surface area contributed by atoms with Gasteiger partial charge in [0, 0.05) is 11.6 Å². The molecule has 2 aromatic carbocycles. The average Bonchev–Trinajstić information content (AvgIpc) is 2.58. The standard InChI is InChI=1S/C17H14BrNO5S/c1-3-23-16-8-12(10-19)7-15(18)17(16)24-25(21,22)14-6-4-5-13(9-14)11(2)20/h4-9H,3H2,1-2H3. The highest BCUT2D eigenvalue weighted by Crippen LogP contribution is 2.38. The minimum Gasteiger partial charge on any atom is -0.490 e. The van der Waals surface area contributed by atoms with Crippen LogP contribution in [0.5, 0.6) is 11.5 Å². The van der Waals surface area contributed by atoms with Crippen LogP contribution in [-0.4, -0.2) is 20.8 Å². The van der Waals surface area contributed by atoms with E-state index >= 15 is 0 Å². The van der Waals surface area contributed by atoms with Gasteiger partial charge in [0.25, 0.3) is 0 Å². The second-order valence-electron chi connectivity index (χ2n) is 4.95. The molecule has 0 saturated carbocycles. The van der Waals surface area contributed by atoms with Gasteiger partial charge in [-0.25, -0.2) is 0 Å². The zero-order chi connectivity index (χ0) is 18.6. The van der Waals surface area contributed by atoms with Gasteiger partial charge in [-0.1, -0.05) is 12.1 Å². The molecule has 8 heteroatoms. The maximum atomic E-state index is 12.6. The van der Waals surface area contributed by atoms with Crippen molar-refractivity contribution in [1.82, 2.24) is 0 Å². The summed E-state index contributed by atoms with van der Waals surface area (Å²) < 4.78 is 36.0. The van der Waals surface area contributed by atoms with Gasteiger partial charge in [0.15, 0.2) is 17.3 Å². The van der Waals surface area contributed by atoms with Gasteiger partial charge in [-0.3, -0.25) is 4.79 Å². The summed E-state index contributed by atoms with van der Waals surface area (Å²) in [7, 11) is -4.20. The van der Waals surface area contributed by atoms with Crippen molar-refractivity contribution in [1.29, 1.82) is 5.26 Å². The third-order valence-corrected chi connectivity index (χ3v) is 4.97. The van der Waals surface area contributed by atoms with Gasteiger partial charge in [0.2, 0.25) is 0 Å². The normalized spacial score (nSPS) is 10.8. The first-order chi connectivity index (χ1) is 11.8. The number of Topliss-reactive ketones (excluding diaryl/α,β-unsaturated/α-hetero) is 1. The molecule has 0 spiro atoms. The molecule has 0 N–H and O–H groups in total. The van der Waals surface area contributed by atoms with Crippen LogP contribution in [0.15, 0.2) is 45.8 Å². The number of hydrogen-bond acceptors (Lipinski definition) is 6. The van der Waals surface area contributed by atoms with Gasteiger partial charge in [-0.05, 0) is 48.0 Å². The third kappa shape index (κ3) is 4.38. The van der Waals surface area contributed by atoms with Gasteiger partial charge in [0.05, 0.1) is 22.7 Å². The molecule has 0 amide bonds. The number of benzene rings is 2. The van der Waals surface area contributed by atoms with Crippen LogP contribution in [-0.2, 0) is 10.1 Å². The van der Waals surface area contributed by atoms with E-state index in [1.165, 1.54) is 43.3 Å². The third-order valence-electron chi connectivity index (χ3n) is 3.16. The molecule has 0 aliphatic heterocycles. The summed E-state index contributed by atoms with van der Waals surface area (Å²) in [6.07, 6.45) is 0. The van der Waals surface area contributed by atoms with Crippen LogP contribution < -0.4 is 8.92 Å². The number of carbonyl (C=O) groups excluding carboxylic acids is 1. The molecule has 6 nitrogen and oxygen atoms in total. The number of ether oxygens (including phenoxy) is 1. The van der Waals surface area contributed by atoms with Crippen molar-refractivity contribution in [2.24, 2.45) is 0 Å². The highest BCUT2D eigenvalue weighted by molar-refractivity contribution is 9.10. The van der Waals surface area contributed by atoms with Crippen LogP contribution in [0.2, 0.25) is 0 Å². The van der Waals surface area contributed by atoms with Crippen molar-refractivity contribution in [3.63, 3.8) is 0 Å². The Kier molecular flexibility index (Phi) is 5.82. The molecule has 0 aromatic heterocycles. The Hall–Kier alpha value is -2.37. The second-order valence-corrected chi connectivity index (χ2v) is 7.35. The van der Waals surface area contributed by atoms with E-state index in [2.05, 4.69) is 15.9 Å². The zero-order valence-corrected chi connectivity index (χ0v) is 15.8. The minimum absolute atomic E-state index is 0.0610. The summed E-state index contributed by atoms with van der Waals surface area (Å²) in [4.78, 5) is 11.3. The van der Waals surface area contributed by atoms with Gasteiger partial charge < -0.3 is 8.92 Å². The van der Waals surface area contributed by atoms with Gasteiger partial charge in [0.1, 0.15) is 4.90 Å². The Morgan fingerprint density at radius 1 is 1.28 bits per heavy atom. The average molecular weight is 424 g/mol. The molecule has 0 atom stereocenters. The number of ketones is 1. The number of nitrogens with zero attached hydrogens (tertiary/aromatic N) is 1. The van der Waals surface area contributed by atoms with E-state index in [9.17, 15) is 13.2 Å². The zero-order valence-electron chi connectivity index (χ0n) is 13.4. The predicted octanol–water partition coefficient (Wildman–Crippen LogP) is 3.69. The number of carbonyl (C=O) groups is 1. The summed E-state index contributed by atoms with van der Waals surface area (Å²) in [5, 5.41) is 9.02. The molecule has 0 fully saturated rings. The quantitative estimate of drug-likeness (QED) is 0.519. The number of halogens is 1. The first-order valence-electron chi connectivity index (χ1n) is 7.20. The van der Waals surface area contributed by atoms with Crippen LogP contribution in [0.3, 0.4) is 0 Å². The van der Waals surface area contributed by atoms with Crippen molar-refractivity contribution in [2.45, 2.75) is 18.7 Å². The maximum absolute atomic E-state index is 12.6. The van der Waals surface area contributed by atoms with E-state index in [-0.39, 0.29) is 38.8 Å². The molecule has 0 heterocycles. The molecule has 0 aliphatic carbocycles. The minimum atomic E-state index is -4.20. The van der Waals surface area contributed by atoms with Crippen LogP contribution in [0.1, 0.15) is 29.8 Å². The molecule has 0 bridgehead atoms. The molecule has 0 radical (unpaired) electrons. The Morgan fingerprint density at radius 3 is 2.60 bits per heavy atom. The maximum Gasteiger partial charge on any atom is 0.339 e. The fourth-order valence-corrected chi connectivity index (χ4v) is 3.64. The predicted molar refractivity (Wildman–Crippen MR) is 94.3 cm³/mol. The summed E-state index contributed by atoms with van der Waals surface area (Å²) in [6.45, 7) is 3.33. The van der Waals surface area contributed by atoms with Crippen molar-refractivity contribution >= 4 is 31.8 Å². The summed E-state index contributed by atoms with van der Waals surface area (Å²) in [6, 6.07) is 10.3. The topological polar surface area (TPSA) is 93.5 Å². The SMILES string of the molecule is CCOc1cc(C#N)cc(Br)c1OS(=O)(=O)c1cccc(C(C)=O)c1. The number of rotatable bonds is 6. The van der Waals surface area contributed by atoms with E-state index in [0.717, 1.165) is 0 Å². The van der Waals surface area contributed by atoms with Gasteiger partial charge in [-0.2, -0.15) is 13.7 Å². The molecule has 25 heavy (non-hydrogen) atoms. The molecular weight excluding hydrogens is 410 g/mol. The molecule has 0 saturated heterocycles. The van der Waals surface area contributed by atoms with E-state index < -0.39 is 10.1 Å². The van der Waals surface area contributed by atoms with Crippen LogP contribution in [0, 0.1) is 11.3 Å². The molecule has 2 aromatic rings. The van der Waals surface area contributed by atoms with Crippen molar-refractivity contribution in [2.75, 3.05) is 6.61 Å². The lowest BCUT2D eigenvalue weighted by atomic mass is 10.2. The Labute approximate surface area is 154 Å². The highest BCUT2D eigenvalue weighted by Gasteiger charge is 2.23. The van der Waals surface area contributed by atoms with E-state index in [1.807, 2.05) is 6.07 Å². The van der Waals surface area contributed by atoms with E-state index in [4.69, 9.17) is 14.2 Å². The Bertz CT molecular complexity index is 963. The van der Waals surface area contributed by atoms with E-state index in [1.54, 1.807) is 6.92 Å². The molecule has 130 valence electrons. The largest absolute Gasteiger partial charge is 0.490 e. The lowest BCUT2D eigenvalue weighted by Gasteiger charge is -2.14. The number of hydrogen-bond donors (Lipinski definition) is 0. The van der Waals surface area contributed by atoms with Crippen LogP contribution in [0.4, 0.5) is 0 Å². The lowest BCUT2D eigenvalue weighted by Crippen LogP contribution is -2.12. The van der Waals surface area contributed by atoms with E-state index in [0.29, 0.717) is 5.56 Å². The summed E-state index contributed by atoms with van der Waals surface area (Å²) in [5.41, 5.74) is 0.548. The van der Waals surface area contributed by atoms with Crippen molar-refractivity contribution < 1.29 is 22.1 Å². The molecule has 0 unspecified atom stereocenters. The smallest absolute Gasteiger partial charge is 0.339 e. The summed E-state index contributed by atoms with van der Waals surface area (Å²) >= 11 is 3.20. The Morgan fingerprint density at radius 2 is 2.00 bits per heavy atom. The van der Waals surface area contributed by atoms with Crippen LogP contribution >= 0.6 is 15.9 Å². The second kappa shape index (κ2) is 7.68. The van der Waals surface area contributed by atoms with Crippen molar-refractivity contribution in [3.05, 3.63) is 52.0 Å². The lowest BCUT2D eigenvalue weighted by molar-refractivity contribution is 0.101. The number of nitriles is 1. The van der Waals surface area contributed by atoms with Gasteiger partial charge >= 0.3 is 10.1 Å². The van der Waals surface area contributed by atoms with Crippen LogP contribution in [0.25, 0.3) is 0 Å². The molecule has 0 aliphatic rings. The van der Waals surface area contributed by atoms with Crippen molar-refractivity contribution in [3.8, 4) is 17.6 Å². The fraction of sp³-hybridized carbons (Fsp3) is 0.176. The molecular formula is C17H14BrNO5S. The highest BCUT2D eigenvalue weighted by atomic mass is 79.9. The fourth-order valence-electron chi connectivity index (χ4n) is 2.00. The Balaban J connectivity index is 2.49. The van der Waals surface area contributed by atoms with Gasteiger partial charge in [-0.15, -0.1) is 0 Å². The summed E-state index contributed by atoms with van der Waals surface area (Å²) in [5.74, 6) is -0.194. The monoisotopic (exact) mass is 423 g/mol. The first kappa shape index (κ1) is 19.0. The molecule has 2 rings (SSSR count). The first-order valence-corrected chi connectivity index (χ1v) is 9.40.